The summed E-state index contributed by atoms with van der Waals surface area (Å²) < 4.78 is 1.27. The summed E-state index contributed by atoms with van der Waals surface area (Å²) in [5, 5.41) is 13.7. The number of aliphatic hydroxyl groups is 1. The van der Waals surface area contributed by atoms with Crippen LogP contribution >= 0.6 is 11.3 Å². The molecule has 16 heavy (non-hydrogen) atoms. The van der Waals surface area contributed by atoms with Crippen molar-refractivity contribution in [1.29, 1.82) is 0 Å². The molecule has 1 heterocycles. The van der Waals surface area contributed by atoms with Crippen molar-refractivity contribution in [3.05, 3.63) is 35.2 Å². The molecule has 0 radical (unpaired) electrons. The molecule has 0 aliphatic heterocycles. The highest BCUT2D eigenvalue weighted by Gasteiger charge is 2.20. The summed E-state index contributed by atoms with van der Waals surface area (Å²) >= 11 is 1.72. The highest BCUT2D eigenvalue weighted by atomic mass is 32.1. The molecule has 86 valence electrons. The Morgan fingerprint density at radius 2 is 1.88 bits per heavy atom. The molecule has 0 saturated carbocycles. The van der Waals surface area contributed by atoms with Gasteiger partial charge in [0, 0.05) is 4.70 Å². The SMILES string of the molecule is CCC(CC)C(O)c1csc2ccccc12. The van der Waals surface area contributed by atoms with Crippen molar-refractivity contribution in [3.63, 3.8) is 0 Å². The summed E-state index contributed by atoms with van der Waals surface area (Å²) in [5.74, 6) is 0.373. The molecule has 1 N–H and O–H groups in total. The molecule has 1 aromatic heterocycles. The number of benzene rings is 1. The van der Waals surface area contributed by atoms with Crippen LogP contribution < -0.4 is 0 Å². The Labute approximate surface area is 101 Å². The fraction of sp³-hybridized carbons (Fsp3) is 0.429. The fourth-order valence-corrected chi connectivity index (χ4v) is 3.21. The molecule has 0 spiro atoms. The molecule has 2 aromatic rings. The quantitative estimate of drug-likeness (QED) is 0.832. The van der Waals surface area contributed by atoms with Crippen LogP contribution in [0.25, 0.3) is 10.1 Å². The smallest absolute Gasteiger partial charge is 0.0832 e. The van der Waals surface area contributed by atoms with Crippen molar-refractivity contribution in [2.75, 3.05) is 0 Å². The maximum atomic E-state index is 10.4. The van der Waals surface area contributed by atoms with Crippen LogP contribution in [-0.2, 0) is 0 Å². The van der Waals surface area contributed by atoms with E-state index < -0.39 is 0 Å². The van der Waals surface area contributed by atoms with Crippen molar-refractivity contribution in [2.24, 2.45) is 5.92 Å². The third-order valence-corrected chi connectivity index (χ3v) is 4.31. The van der Waals surface area contributed by atoms with E-state index in [4.69, 9.17) is 0 Å². The summed E-state index contributed by atoms with van der Waals surface area (Å²) in [6.45, 7) is 4.29. The molecule has 0 aliphatic carbocycles. The summed E-state index contributed by atoms with van der Waals surface area (Å²) in [7, 11) is 0. The monoisotopic (exact) mass is 234 g/mol. The largest absolute Gasteiger partial charge is 0.388 e. The lowest BCUT2D eigenvalue weighted by Gasteiger charge is -2.19. The first kappa shape index (κ1) is 11.6. The molecule has 1 unspecified atom stereocenters. The number of hydrogen-bond donors (Lipinski definition) is 1. The van der Waals surface area contributed by atoms with Gasteiger partial charge in [-0.25, -0.2) is 0 Å². The van der Waals surface area contributed by atoms with Gasteiger partial charge in [0.1, 0.15) is 0 Å². The maximum absolute atomic E-state index is 10.4. The van der Waals surface area contributed by atoms with Gasteiger partial charge in [-0.15, -0.1) is 11.3 Å². The standard InChI is InChI=1S/C14H18OS/c1-3-10(4-2)14(15)12-9-16-13-8-6-5-7-11(12)13/h5-10,14-15H,3-4H2,1-2H3. The van der Waals surface area contributed by atoms with E-state index in [1.54, 1.807) is 11.3 Å². The third-order valence-electron chi connectivity index (χ3n) is 3.32. The lowest BCUT2D eigenvalue weighted by molar-refractivity contribution is 0.105. The van der Waals surface area contributed by atoms with Crippen molar-refractivity contribution >= 4 is 21.4 Å². The van der Waals surface area contributed by atoms with Crippen LogP contribution in [0.15, 0.2) is 29.6 Å². The average Bonchev–Trinajstić information content (AvgIpc) is 2.74. The minimum Gasteiger partial charge on any atom is -0.388 e. The number of aliphatic hydroxyl groups excluding tert-OH is 1. The van der Waals surface area contributed by atoms with Crippen LogP contribution in [-0.4, -0.2) is 5.11 Å². The molecule has 0 aliphatic rings. The molecule has 1 atom stereocenters. The van der Waals surface area contributed by atoms with E-state index in [0.29, 0.717) is 5.92 Å². The van der Waals surface area contributed by atoms with Crippen LogP contribution in [0.2, 0.25) is 0 Å². The molecule has 2 rings (SSSR count). The molecule has 2 heteroatoms. The highest BCUT2D eigenvalue weighted by molar-refractivity contribution is 7.17. The van der Waals surface area contributed by atoms with Crippen LogP contribution in [0.1, 0.15) is 38.4 Å². The zero-order valence-corrected chi connectivity index (χ0v) is 10.6. The summed E-state index contributed by atoms with van der Waals surface area (Å²) in [6.07, 6.45) is 1.75. The number of rotatable bonds is 4. The van der Waals surface area contributed by atoms with Crippen LogP contribution in [0.4, 0.5) is 0 Å². The first-order chi connectivity index (χ1) is 7.77. The van der Waals surface area contributed by atoms with Gasteiger partial charge in [0.05, 0.1) is 6.10 Å². The van der Waals surface area contributed by atoms with Gasteiger partial charge < -0.3 is 5.11 Å². The minimum atomic E-state index is -0.314. The van der Waals surface area contributed by atoms with Gasteiger partial charge in [0.2, 0.25) is 0 Å². The molecule has 0 saturated heterocycles. The van der Waals surface area contributed by atoms with Crippen LogP contribution in [0, 0.1) is 5.92 Å². The van der Waals surface area contributed by atoms with E-state index in [2.05, 4.69) is 31.4 Å². The lowest BCUT2D eigenvalue weighted by Crippen LogP contribution is -2.10. The number of thiophene rings is 1. The maximum Gasteiger partial charge on any atom is 0.0832 e. The first-order valence-electron chi connectivity index (χ1n) is 5.92. The predicted octanol–water partition coefficient (Wildman–Crippen LogP) is 4.37. The van der Waals surface area contributed by atoms with Crippen molar-refractivity contribution in [3.8, 4) is 0 Å². The summed E-state index contributed by atoms with van der Waals surface area (Å²) in [6, 6.07) is 8.31. The summed E-state index contributed by atoms with van der Waals surface area (Å²) in [4.78, 5) is 0. The van der Waals surface area contributed by atoms with Gasteiger partial charge in [0.15, 0.2) is 0 Å². The molecule has 1 aromatic carbocycles. The van der Waals surface area contributed by atoms with Crippen LogP contribution in [0.5, 0.6) is 0 Å². The molecule has 0 bridgehead atoms. The molecule has 0 fully saturated rings. The van der Waals surface area contributed by atoms with Gasteiger partial charge in [-0.3, -0.25) is 0 Å². The number of fused-ring (bicyclic) bond motifs is 1. The van der Waals surface area contributed by atoms with Gasteiger partial charge in [-0.2, -0.15) is 0 Å². The fourth-order valence-electron chi connectivity index (χ4n) is 2.22. The third kappa shape index (κ3) is 2.00. The van der Waals surface area contributed by atoms with Gasteiger partial charge in [-0.05, 0) is 28.3 Å². The Bertz CT molecular complexity index is 456. The van der Waals surface area contributed by atoms with E-state index in [1.165, 1.54) is 10.1 Å². The summed E-state index contributed by atoms with van der Waals surface area (Å²) in [5.41, 5.74) is 1.11. The highest BCUT2D eigenvalue weighted by Crippen LogP contribution is 2.35. The number of hydrogen-bond acceptors (Lipinski definition) is 2. The molecular formula is C14H18OS. The van der Waals surface area contributed by atoms with Crippen molar-refractivity contribution < 1.29 is 5.11 Å². The second-order valence-corrected chi connectivity index (χ2v) is 5.12. The van der Waals surface area contributed by atoms with Crippen molar-refractivity contribution in [2.45, 2.75) is 32.8 Å². The van der Waals surface area contributed by atoms with E-state index in [0.717, 1.165) is 18.4 Å². The Hall–Kier alpha value is -0.860. The minimum absolute atomic E-state index is 0.314. The van der Waals surface area contributed by atoms with Crippen LogP contribution in [0.3, 0.4) is 0 Å². The second kappa shape index (κ2) is 4.98. The molecule has 0 amide bonds. The zero-order chi connectivity index (χ0) is 11.5. The topological polar surface area (TPSA) is 20.2 Å². The predicted molar refractivity (Wildman–Crippen MR) is 70.9 cm³/mol. The first-order valence-corrected chi connectivity index (χ1v) is 6.80. The second-order valence-electron chi connectivity index (χ2n) is 4.21. The zero-order valence-electron chi connectivity index (χ0n) is 9.81. The van der Waals surface area contributed by atoms with Crippen molar-refractivity contribution in [1.82, 2.24) is 0 Å². The normalized spacial score (nSPS) is 13.5. The van der Waals surface area contributed by atoms with E-state index >= 15 is 0 Å². The Balaban J connectivity index is 2.39. The average molecular weight is 234 g/mol. The van der Waals surface area contributed by atoms with E-state index in [-0.39, 0.29) is 6.10 Å². The van der Waals surface area contributed by atoms with Gasteiger partial charge >= 0.3 is 0 Å². The van der Waals surface area contributed by atoms with Gasteiger partial charge in [0.25, 0.3) is 0 Å². The van der Waals surface area contributed by atoms with E-state index in [1.807, 2.05) is 12.1 Å². The Morgan fingerprint density at radius 3 is 2.56 bits per heavy atom. The Morgan fingerprint density at radius 1 is 1.19 bits per heavy atom. The lowest BCUT2D eigenvalue weighted by atomic mass is 9.91. The molecule has 1 nitrogen and oxygen atoms in total. The van der Waals surface area contributed by atoms with E-state index in [9.17, 15) is 5.11 Å². The van der Waals surface area contributed by atoms with Gasteiger partial charge in [-0.1, -0.05) is 44.9 Å². The Kier molecular flexibility index (Phi) is 3.62. The molecular weight excluding hydrogens is 216 g/mol.